The quantitative estimate of drug-likeness (QED) is 0.450. The van der Waals surface area contributed by atoms with Gasteiger partial charge in [0.1, 0.15) is 18.3 Å². The lowest BCUT2D eigenvalue weighted by molar-refractivity contribution is -0.154. The van der Waals surface area contributed by atoms with Gasteiger partial charge in [-0.05, 0) is 0 Å². The molecule has 0 saturated carbocycles. The zero-order valence-electron chi connectivity index (χ0n) is 9.84. The molecule has 1 heterocycles. The maximum absolute atomic E-state index is 10.8. The highest BCUT2D eigenvalue weighted by Crippen LogP contribution is 2.15. The number of rotatable bonds is 3. The first-order valence-electron chi connectivity index (χ1n) is 5.41. The molecule has 4 N–H and O–H groups in total. The van der Waals surface area contributed by atoms with Gasteiger partial charge in [0, 0.05) is 20.4 Å². The molecular weight excluding hydrogens is 228 g/mol. The zero-order chi connectivity index (χ0) is 13.0. The van der Waals surface area contributed by atoms with Gasteiger partial charge in [0.05, 0.1) is 12.6 Å². The third-order valence-corrected chi connectivity index (χ3v) is 2.57. The van der Waals surface area contributed by atoms with Crippen LogP contribution in [0.3, 0.4) is 0 Å². The van der Waals surface area contributed by atoms with Gasteiger partial charge >= 0.3 is 0 Å². The van der Waals surface area contributed by atoms with Crippen molar-refractivity contribution in [2.24, 2.45) is 0 Å². The number of nitrogens with one attached hydrogen (secondary N) is 2. The third kappa shape index (κ3) is 3.95. The Bertz CT molecular complexity index is 294. The van der Waals surface area contributed by atoms with E-state index < -0.39 is 24.4 Å². The van der Waals surface area contributed by atoms with Gasteiger partial charge in [0.25, 0.3) is 0 Å². The molecule has 0 aromatic heterocycles. The maximum Gasteiger partial charge on any atom is 0.217 e. The number of ether oxygens (including phenoxy) is 1. The van der Waals surface area contributed by atoms with Crippen molar-refractivity contribution in [1.82, 2.24) is 10.6 Å². The van der Waals surface area contributed by atoms with Crippen molar-refractivity contribution in [1.29, 1.82) is 0 Å². The molecule has 98 valence electrons. The minimum absolute atomic E-state index is 0.0993. The molecule has 0 spiro atoms. The van der Waals surface area contributed by atoms with Gasteiger partial charge in [-0.2, -0.15) is 0 Å². The number of amides is 2. The molecular formula is C10H18N2O5. The second kappa shape index (κ2) is 5.95. The Balaban J connectivity index is 2.49. The largest absolute Gasteiger partial charge is 0.388 e. The average Bonchev–Trinajstić information content (AvgIpc) is 2.23. The van der Waals surface area contributed by atoms with Crippen LogP contribution in [0.5, 0.6) is 0 Å². The Hall–Kier alpha value is -1.18. The fourth-order valence-corrected chi connectivity index (χ4v) is 1.69. The second-order valence-corrected chi connectivity index (χ2v) is 4.10. The van der Waals surface area contributed by atoms with Crippen LogP contribution in [0.15, 0.2) is 0 Å². The summed E-state index contributed by atoms with van der Waals surface area (Å²) in [5, 5.41) is 24.5. The van der Waals surface area contributed by atoms with E-state index in [1.165, 1.54) is 13.8 Å². The fraction of sp³-hybridized carbons (Fsp3) is 0.800. The van der Waals surface area contributed by atoms with Crippen LogP contribution < -0.4 is 10.6 Å². The van der Waals surface area contributed by atoms with Crippen LogP contribution in [0.1, 0.15) is 13.8 Å². The Labute approximate surface area is 99.1 Å². The Kier molecular flexibility index (Phi) is 4.86. The number of hydrogen-bond acceptors (Lipinski definition) is 5. The van der Waals surface area contributed by atoms with Gasteiger partial charge in [0.2, 0.25) is 11.8 Å². The predicted molar refractivity (Wildman–Crippen MR) is 58.0 cm³/mol. The summed E-state index contributed by atoms with van der Waals surface area (Å²) in [7, 11) is 0. The lowest BCUT2D eigenvalue weighted by Gasteiger charge is -2.37. The molecule has 1 aliphatic heterocycles. The third-order valence-electron chi connectivity index (χ3n) is 2.57. The molecule has 1 fully saturated rings. The molecule has 0 bridgehead atoms. The van der Waals surface area contributed by atoms with Gasteiger partial charge in [-0.3, -0.25) is 9.59 Å². The summed E-state index contributed by atoms with van der Waals surface area (Å²) in [5.74, 6) is -0.538. The predicted octanol–water partition coefficient (Wildman–Crippen LogP) is -2.25. The van der Waals surface area contributed by atoms with E-state index in [0.717, 1.165) is 0 Å². The topological polar surface area (TPSA) is 108 Å². The molecule has 7 nitrogen and oxygen atoms in total. The molecule has 0 aliphatic carbocycles. The molecule has 1 aliphatic rings. The van der Waals surface area contributed by atoms with Crippen LogP contribution in [-0.4, -0.2) is 59.5 Å². The smallest absolute Gasteiger partial charge is 0.217 e. The zero-order valence-corrected chi connectivity index (χ0v) is 9.84. The van der Waals surface area contributed by atoms with E-state index in [-0.39, 0.29) is 25.0 Å². The summed E-state index contributed by atoms with van der Waals surface area (Å²) in [4.78, 5) is 21.6. The van der Waals surface area contributed by atoms with E-state index in [1.807, 2.05) is 0 Å². The van der Waals surface area contributed by atoms with Crippen LogP contribution in [0.25, 0.3) is 0 Å². The highest BCUT2D eigenvalue weighted by atomic mass is 16.5. The Morgan fingerprint density at radius 1 is 1.24 bits per heavy atom. The van der Waals surface area contributed by atoms with Crippen LogP contribution in [0, 0.1) is 0 Å². The van der Waals surface area contributed by atoms with Crippen molar-refractivity contribution in [3.8, 4) is 0 Å². The minimum Gasteiger partial charge on any atom is -0.388 e. The molecule has 0 radical (unpaired) electrons. The van der Waals surface area contributed by atoms with Gasteiger partial charge in [-0.15, -0.1) is 0 Å². The number of aliphatic hydroxyl groups excluding tert-OH is 2. The van der Waals surface area contributed by atoms with Gasteiger partial charge in [0.15, 0.2) is 0 Å². The van der Waals surface area contributed by atoms with E-state index in [1.54, 1.807) is 0 Å². The fourth-order valence-electron chi connectivity index (χ4n) is 1.69. The molecule has 4 atom stereocenters. The van der Waals surface area contributed by atoms with Crippen LogP contribution >= 0.6 is 0 Å². The lowest BCUT2D eigenvalue weighted by Crippen LogP contribution is -2.60. The SMILES string of the molecule is CC(=O)NCC1OCC(NC(C)=O)C(O)[C@@H]1O. The first-order chi connectivity index (χ1) is 7.91. The van der Waals surface area contributed by atoms with Crippen molar-refractivity contribution < 1.29 is 24.5 Å². The molecule has 17 heavy (non-hydrogen) atoms. The number of hydrogen-bond donors (Lipinski definition) is 4. The molecule has 3 unspecified atom stereocenters. The molecule has 1 rings (SSSR count). The monoisotopic (exact) mass is 246 g/mol. The van der Waals surface area contributed by atoms with E-state index in [0.29, 0.717) is 0 Å². The number of carbonyl (C=O) groups is 2. The summed E-state index contributed by atoms with van der Waals surface area (Å²) in [5.41, 5.74) is 0. The van der Waals surface area contributed by atoms with E-state index in [4.69, 9.17) is 4.74 Å². The Morgan fingerprint density at radius 2 is 1.88 bits per heavy atom. The molecule has 7 heteroatoms. The average molecular weight is 246 g/mol. The first kappa shape index (κ1) is 13.9. The summed E-state index contributed by atoms with van der Waals surface area (Å²) in [6.45, 7) is 2.90. The van der Waals surface area contributed by atoms with Gasteiger partial charge < -0.3 is 25.6 Å². The number of aliphatic hydroxyl groups is 2. The van der Waals surface area contributed by atoms with Crippen LogP contribution in [0.2, 0.25) is 0 Å². The van der Waals surface area contributed by atoms with E-state index in [2.05, 4.69) is 10.6 Å². The summed E-state index contributed by atoms with van der Waals surface area (Å²) in [6, 6.07) is -0.629. The minimum atomic E-state index is -1.15. The normalized spacial score (nSPS) is 32.9. The van der Waals surface area contributed by atoms with Crippen molar-refractivity contribution in [2.75, 3.05) is 13.2 Å². The van der Waals surface area contributed by atoms with E-state index >= 15 is 0 Å². The first-order valence-corrected chi connectivity index (χ1v) is 5.41. The molecule has 1 saturated heterocycles. The van der Waals surface area contributed by atoms with Crippen LogP contribution in [-0.2, 0) is 14.3 Å². The van der Waals surface area contributed by atoms with E-state index in [9.17, 15) is 19.8 Å². The summed E-state index contributed by atoms with van der Waals surface area (Å²) >= 11 is 0. The van der Waals surface area contributed by atoms with Crippen molar-refractivity contribution >= 4 is 11.8 Å². The number of carbonyl (C=O) groups excluding carboxylic acids is 2. The lowest BCUT2D eigenvalue weighted by atomic mass is 9.98. The van der Waals surface area contributed by atoms with Crippen molar-refractivity contribution in [2.45, 2.75) is 38.2 Å². The van der Waals surface area contributed by atoms with Gasteiger partial charge in [-0.25, -0.2) is 0 Å². The molecule has 0 aromatic carbocycles. The van der Waals surface area contributed by atoms with Crippen molar-refractivity contribution in [3.63, 3.8) is 0 Å². The summed E-state index contributed by atoms with van der Waals surface area (Å²) < 4.78 is 5.29. The van der Waals surface area contributed by atoms with Crippen molar-refractivity contribution in [3.05, 3.63) is 0 Å². The second-order valence-electron chi connectivity index (χ2n) is 4.10. The summed E-state index contributed by atoms with van der Waals surface area (Å²) in [6.07, 6.45) is -2.92. The molecule has 2 amide bonds. The highest BCUT2D eigenvalue weighted by Gasteiger charge is 2.38. The standard InChI is InChI=1S/C10H18N2O5/c1-5(13)11-3-8-10(16)9(15)7(4-17-8)12-6(2)14/h7-10,15-16H,3-4H2,1-2H3,(H,11,13)(H,12,14)/t7?,8?,9?,10-/m1/s1. The maximum atomic E-state index is 10.8. The highest BCUT2D eigenvalue weighted by molar-refractivity contribution is 5.73. The molecule has 0 aromatic rings. The van der Waals surface area contributed by atoms with Crippen LogP contribution in [0.4, 0.5) is 0 Å². The van der Waals surface area contributed by atoms with Gasteiger partial charge in [-0.1, -0.05) is 0 Å². The Morgan fingerprint density at radius 3 is 2.41 bits per heavy atom.